The Bertz CT molecular complexity index is 1150. The van der Waals surface area contributed by atoms with Gasteiger partial charge in [-0.05, 0) is 37.5 Å². The van der Waals surface area contributed by atoms with Gasteiger partial charge in [0.25, 0.3) is 5.91 Å². The topological polar surface area (TPSA) is 92.3 Å². The molecule has 0 spiro atoms. The molecule has 1 aliphatic rings. The van der Waals surface area contributed by atoms with E-state index in [1.165, 1.54) is 11.3 Å². The van der Waals surface area contributed by atoms with Crippen molar-refractivity contribution < 1.29 is 13.2 Å². The lowest BCUT2D eigenvalue weighted by atomic mass is 10.0. The number of carbonyl (C=O) groups excluding carboxylic acids is 1. The molecule has 0 saturated carbocycles. The third-order valence-corrected chi connectivity index (χ3v) is 8.16. The molecule has 2 aromatic carbocycles. The summed E-state index contributed by atoms with van der Waals surface area (Å²) in [5.74, 6) is -0.379. The summed E-state index contributed by atoms with van der Waals surface area (Å²) in [5, 5.41) is 12.1. The molecule has 0 aliphatic carbocycles. The largest absolute Gasteiger partial charge is 0.320 e. The van der Waals surface area contributed by atoms with Crippen LogP contribution in [-0.4, -0.2) is 41.9 Å². The number of nitrogens with one attached hydrogen (secondary N) is 1. The van der Waals surface area contributed by atoms with E-state index in [0.717, 1.165) is 24.0 Å². The first-order valence-electron chi connectivity index (χ1n) is 10.1. The van der Waals surface area contributed by atoms with Gasteiger partial charge in [-0.1, -0.05) is 59.4 Å². The van der Waals surface area contributed by atoms with Crippen LogP contribution in [0.2, 0.25) is 0 Å². The minimum atomic E-state index is -3.42. The molecular weight excluding hydrogens is 432 g/mol. The minimum absolute atomic E-state index is 0.0130. The summed E-state index contributed by atoms with van der Waals surface area (Å²) in [5.41, 5.74) is 2.58. The van der Waals surface area contributed by atoms with E-state index in [-0.39, 0.29) is 22.6 Å². The molecule has 7 nitrogen and oxygen atoms in total. The molecule has 1 aliphatic heterocycles. The molecule has 3 aromatic rings. The fraction of sp³-hybridized carbons (Fsp3) is 0.318. The van der Waals surface area contributed by atoms with Crippen LogP contribution >= 0.6 is 11.3 Å². The summed E-state index contributed by atoms with van der Waals surface area (Å²) >= 11 is 1.23. The zero-order chi connectivity index (χ0) is 21.8. The molecule has 9 heteroatoms. The van der Waals surface area contributed by atoms with Crippen molar-refractivity contribution in [2.45, 2.75) is 31.4 Å². The molecule has 1 N–H and O–H groups in total. The number of carbonyl (C=O) groups is 1. The number of benzene rings is 2. The van der Waals surface area contributed by atoms with E-state index in [0.29, 0.717) is 23.8 Å². The van der Waals surface area contributed by atoms with E-state index in [4.69, 9.17) is 0 Å². The van der Waals surface area contributed by atoms with E-state index in [9.17, 15) is 13.2 Å². The van der Waals surface area contributed by atoms with Crippen LogP contribution in [0.5, 0.6) is 0 Å². The molecule has 162 valence electrons. The highest BCUT2D eigenvalue weighted by Crippen LogP contribution is 2.31. The van der Waals surface area contributed by atoms with Crippen LogP contribution in [0.1, 0.15) is 44.7 Å². The van der Waals surface area contributed by atoms with Crippen LogP contribution in [0.25, 0.3) is 0 Å². The van der Waals surface area contributed by atoms with Gasteiger partial charge in [0.15, 0.2) is 0 Å². The molecule has 0 unspecified atom stereocenters. The standard InChI is InChI=1S/C22H24N4O3S2/c1-16-9-11-19(12-10-16)23-20(27)22-25-24-21(30-22)18-8-5-13-26(14-18)31(28,29)15-17-6-3-2-4-7-17/h2-4,6-7,9-12,18H,5,8,13-15H2,1H3,(H,23,27)/t18-/m0/s1. The Kier molecular flexibility index (Phi) is 6.45. The number of nitrogens with zero attached hydrogens (tertiary/aromatic N) is 3. The van der Waals surface area contributed by atoms with Gasteiger partial charge in [-0.15, -0.1) is 10.2 Å². The minimum Gasteiger partial charge on any atom is -0.320 e. The Morgan fingerprint density at radius 2 is 1.87 bits per heavy atom. The summed E-state index contributed by atoms with van der Waals surface area (Å²) in [4.78, 5) is 12.5. The van der Waals surface area contributed by atoms with E-state index >= 15 is 0 Å². The first-order valence-corrected chi connectivity index (χ1v) is 12.6. The van der Waals surface area contributed by atoms with Gasteiger partial charge in [0.2, 0.25) is 15.0 Å². The van der Waals surface area contributed by atoms with Crippen LogP contribution in [-0.2, 0) is 15.8 Å². The summed E-state index contributed by atoms with van der Waals surface area (Å²) in [6, 6.07) is 16.7. The van der Waals surface area contributed by atoms with Crippen molar-refractivity contribution in [2.75, 3.05) is 18.4 Å². The number of piperidine rings is 1. The Morgan fingerprint density at radius 1 is 1.13 bits per heavy atom. The third kappa shape index (κ3) is 5.36. The van der Waals surface area contributed by atoms with Crippen molar-refractivity contribution in [3.8, 4) is 0 Å². The number of hydrogen-bond donors (Lipinski definition) is 1. The average Bonchev–Trinajstić information content (AvgIpc) is 3.26. The molecule has 4 rings (SSSR count). The van der Waals surface area contributed by atoms with Gasteiger partial charge >= 0.3 is 0 Å². The van der Waals surface area contributed by atoms with Crippen molar-refractivity contribution in [1.82, 2.24) is 14.5 Å². The predicted molar refractivity (Wildman–Crippen MR) is 122 cm³/mol. The molecule has 1 fully saturated rings. The van der Waals surface area contributed by atoms with Gasteiger partial charge in [0.1, 0.15) is 5.01 Å². The number of hydrogen-bond acceptors (Lipinski definition) is 6. The highest BCUT2D eigenvalue weighted by molar-refractivity contribution is 7.88. The quantitative estimate of drug-likeness (QED) is 0.609. The van der Waals surface area contributed by atoms with Crippen LogP contribution in [0.3, 0.4) is 0 Å². The fourth-order valence-corrected chi connectivity index (χ4v) is 6.06. The Morgan fingerprint density at radius 3 is 2.61 bits per heavy atom. The number of anilines is 1. The smallest absolute Gasteiger partial charge is 0.286 e. The molecule has 1 amide bonds. The molecule has 0 bridgehead atoms. The maximum Gasteiger partial charge on any atom is 0.286 e. The van der Waals surface area contributed by atoms with E-state index in [2.05, 4.69) is 15.5 Å². The van der Waals surface area contributed by atoms with Crippen molar-refractivity contribution >= 4 is 33.0 Å². The maximum absolute atomic E-state index is 12.9. The summed E-state index contributed by atoms with van der Waals surface area (Å²) in [6.45, 7) is 2.85. The monoisotopic (exact) mass is 456 g/mol. The van der Waals surface area contributed by atoms with Crippen molar-refractivity contribution in [2.24, 2.45) is 0 Å². The lowest BCUT2D eigenvalue weighted by Gasteiger charge is -2.30. The van der Waals surface area contributed by atoms with Gasteiger partial charge in [0.05, 0.1) is 5.75 Å². The van der Waals surface area contributed by atoms with Crippen molar-refractivity contribution in [1.29, 1.82) is 0 Å². The Hall–Kier alpha value is -2.62. The maximum atomic E-state index is 12.9. The SMILES string of the molecule is Cc1ccc(NC(=O)c2nnc([C@H]3CCCN(S(=O)(=O)Cc4ccccc4)C3)s2)cc1. The number of rotatable bonds is 6. The molecule has 0 radical (unpaired) electrons. The lowest BCUT2D eigenvalue weighted by molar-refractivity contribution is 0.102. The highest BCUT2D eigenvalue weighted by atomic mass is 32.2. The molecule has 31 heavy (non-hydrogen) atoms. The van der Waals surface area contributed by atoms with Gasteiger partial charge in [0, 0.05) is 24.7 Å². The molecular formula is C22H24N4O3S2. The fourth-order valence-electron chi connectivity index (χ4n) is 3.59. The third-order valence-electron chi connectivity index (χ3n) is 5.26. The molecule has 1 atom stereocenters. The van der Waals surface area contributed by atoms with Crippen molar-refractivity contribution in [3.05, 3.63) is 75.7 Å². The van der Waals surface area contributed by atoms with Gasteiger partial charge in [-0.25, -0.2) is 12.7 Å². The van der Waals surface area contributed by atoms with Crippen LogP contribution in [0, 0.1) is 6.92 Å². The average molecular weight is 457 g/mol. The highest BCUT2D eigenvalue weighted by Gasteiger charge is 2.32. The van der Waals surface area contributed by atoms with Gasteiger partial charge in [-0.2, -0.15) is 0 Å². The molecule has 1 saturated heterocycles. The molecule has 2 heterocycles. The van der Waals surface area contributed by atoms with Crippen LogP contribution < -0.4 is 5.32 Å². The normalized spacial score (nSPS) is 17.4. The van der Waals surface area contributed by atoms with E-state index in [1.807, 2.05) is 61.5 Å². The molecule has 1 aromatic heterocycles. The first kappa shape index (κ1) is 21.6. The Balaban J connectivity index is 1.42. The van der Waals surface area contributed by atoms with Crippen LogP contribution in [0.4, 0.5) is 5.69 Å². The summed E-state index contributed by atoms with van der Waals surface area (Å²) < 4.78 is 27.3. The first-order chi connectivity index (χ1) is 14.9. The van der Waals surface area contributed by atoms with E-state index < -0.39 is 10.0 Å². The van der Waals surface area contributed by atoms with Gasteiger partial charge < -0.3 is 5.32 Å². The summed E-state index contributed by atoms with van der Waals surface area (Å²) in [6.07, 6.45) is 1.58. The number of aromatic nitrogens is 2. The number of sulfonamides is 1. The zero-order valence-electron chi connectivity index (χ0n) is 17.2. The zero-order valence-corrected chi connectivity index (χ0v) is 18.8. The number of aryl methyl sites for hydroxylation is 1. The van der Waals surface area contributed by atoms with Gasteiger partial charge in [-0.3, -0.25) is 4.79 Å². The van der Waals surface area contributed by atoms with Crippen molar-refractivity contribution in [3.63, 3.8) is 0 Å². The van der Waals surface area contributed by atoms with E-state index in [1.54, 1.807) is 4.31 Å². The Labute approximate surface area is 186 Å². The van der Waals surface area contributed by atoms with Crippen LogP contribution in [0.15, 0.2) is 54.6 Å². The second kappa shape index (κ2) is 9.25. The summed E-state index contributed by atoms with van der Waals surface area (Å²) in [7, 11) is -3.42. The number of amides is 1. The lowest BCUT2D eigenvalue weighted by Crippen LogP contribution is -2.39. The predicted octanol–water partition coefficient (Wildman–Crippen LogP) is 3.81. The second-order valence-electron chi connectivity index (χ2n) is 7.70. The second-order valence-corrected chi connectivity index (χ2v) is 10.7.